The first-order valence-electron chi connectivity index (χ1n) is 6.99. The van der Waals surface area contributed by atoms with Crippen LogP contribution in [0.3, 0.4) is 0 Å². The fourth-order valence-corrected chi connectivity index (χ4v) is 2.08. The van der Waals surface area contributed by atoms with Gasteiger partial charge in [-0.25, -0.2) is 0 Å². The predicted octanol–water partition coefficient (Wildman–Crippen LogP) is 3.62. The number of hydrogen-bond acceptors (Lipinski definition) is 3. The Hall–Kier alpha value is -2.66. The number of benzene rings is 2. The number of rotatable bonds is 6. The van der Waals surface area contributed by atoms with Crippen molar-refractivity contribution >= 4 is 29.3 Å². The highest BCUT2D eigenvalue weighted by Crippen LogP contribution is 2.14. The zero-order chi connectivity index (χ0) is 16.7. The maximum Gasteiger partial charge on any atom is 0.270 e. The summed E-state index contributed by atoms with van der Waals surface area (Å²) in [5, 5.41) is 14.1. The number of carbonyl (C=O) groups excluding carboxylic acids is 1. The van der Waals surface area contributed by atoms with Gasteiger partial charge in [0.25, 0.3) is 5.69 Å². The zero-order valence-corrected chi connectivity index (χ0v) is 13.0. The van der Waals surface area contributed by atoms with Crippen molar-refractivity contribution in [1.82, 2.24) is 5.32 Å². The van der Waals surface area contributed by atoms with Gasteiger partial charge in [0.05, 0.1) is 4.92 Å². The summed E-state index contributed by atoms with van der Waals surface area (Å²) in [4.78, 5) is 21.9. The number of nitro groups is 1. The fourth-order valence-electron chi connectivity index (χ4n) is 1.95. The van der Waals surface area contributed by atoms with Gasteiger partial charge < -0.3 is 5.32 Å². The first kappa shape index (κ1) is 16.7. The second-order valence-electron chi connectivity index (χ2n) is 4.85. The molecule has 0 unspecified atom stereocenters. The highest BCUT2D eigenvalue weighted by Gasteiger charge is 2.04. The zero-order valence-electron chi connectivity index (χ0n) is 12.2. The molecule has 0 atom stereocenters. The number of nitrogens with one attached hydrogen (secondary N) is 1. The monoisotopic (exact) mass is 330 g/mol. The minimum Gasteiger partial charge on any atom is -0.352 e. The van der Waals surface area contributed by atoms with Crippen LogP contribution in [0.5, 0.6) is 0 Å². The van der Waals surface area contributed by atoms with Crippen LogP contribution in [0.1, 0.15) is 11.1 Å². The van der Waals surface area contributed by atoms with Gasteiger partial charge in [0.1, 0.15) is 0 Å². The van der Waals surface area contributed by atoms with Crippen LogP contribution < -0.4 is 5.32 Å². The second-order valence-corrected chi connectivity index (χ2v) is 5.29. The topological polar surface area (TPSA) is 72.2 Å². The Morgan fingerprint density at radius 1 is 1.22 bits per heavy atom. The van der Waals surface area contributed by atoms with E-state index in [0.29, 0.717) is 23.6 Å². The minimum absolute atomic E-state index is 0.00436. The van der Waals surface area contributed by atoms with Crippen molar-refractivity contribution in [3.05, 3.63) is 80.9 Å². The van der Waals surface area contributed by atoms with E-state index in [-0.39, 0.29) is 11.6 Å². The molecular weight excluding hydrogens is 316 g/mol. The first-order chi connectivity index (χ1) is 11.0. The van der Waals surface area contributed by atoms with Crippen LogP contribution in [0.2, 0.25) is 5.02 Å². The summed E-state index contributed by atoms with van der Waals surface area (Å²) < 4.78 is 0. The van der Waals surface area contributed by atoms with Crippen molar-refractivity contribution in [1.29, 1.82) is 0 Å². The van der Waals surface area contributed by atoms with E-state index in [2.05, 4.69) is 5.32 Å². The lowest BCUT2D eigenvalue weighted by atomic mass is 10.1. The van der Waals surface area contributed by atoms with Crippen molar-refractivity contribution < 1.29 is 9.72 Å². The van der Waals surface area contributed by atoms with Gasteiger partial charge in [0.2, 0.25) is 5.91 Å². The molecule has 0 aliphatic heterocycles. The highest BCUT2D eigenvalue weighted by molar-refractivity contribution is 6.30. The highest BCUT2D eigenvalue weighted by atomic mass is 35.5. The Kier molecular flexibility index (Phi) is 5.88. The van der Waals surface area contributed by atoms with E-state index in [1.165, 1.54) is 18.2 Å². The van der Waals surface area contributed by atoms with Crippen molar-refractivity contribution in [2.45, 2.75) is 6.42 Å². The minimum atomic E-state index is -0.469. The van der Waals surface area contributed by atoms with Gasteiger partial charge in [0.15, 0.2) is 0 Å². The summed E-state index contributed by atoms with van der Waals surface area (Å²) in [7, 11) is 0. The molecule has 0 aliphatic carbocycles. The molecule has 2 rings (SSSR count). The molecule has 5 nitrogen and oxygen atoms in total. The summed E-state index contributed by atoms with van der Waals surface area (Å²) in [6, 6.07) is 13.5. The molecule has 0 spiro atoms. The molecule has 23 heavy (non-hydrogen) atoms. The van der Waals surface area contributed by atoms with E-state index in [1.807, 2.05) is 12.1 Å². The average molecular weight is 331 g/mol. The first-order valence-corrected chi connectivity index (χ1v) is 7.37. The number of hydrogen-bond donors (Lipinski definition) is 1. The van der Waals surface area contributed by atoms with E-state index in [0.717, 1.165) is 5.56 Å². The summed E-state index contributed by atoms with van der Waals surface area (Å²) in [6.45, 7) is 0.500. The van der Waals surface area contributed by atoms with Gasteiger partial charge in [-0.1, -0.05) is 35.9 Å². The van der Waals surface area contributed by atoms with E-state index in [4.69, 9.17) is 11.6 Å². The molecule has 0 radical (unpaired) electrons. The van der Waals surface area contributed by atoms with Gasteiger partial charge in [-0.05, 0) is 35.8 Å². The third-order valence-electron chi connectivity index (χ3n) is 3.13. The molecule has 1 N–H and O–H groups in total. The molecule has 0 saturated heterocycles. The number of amides is 1. The maximum absolute atomic E-state index is 11.7. The fraction of sp³-hybridized carbons (Fsp3) is 0.118. The molecule has 1 amide bonds. The van der Waals surface area contributed by atoms with Crippen molar-refractivity contribution in [2.75, 3.05) is 6.54 Å². The van der Waals surface area contributed by atoms with Crippen LogP contribution >= 0.6 is 11.6 Å². The van der Waals surface area contributed by atoms with Crippen molar-refractivity contribution in [3.63, 3.8) is 0 Å². The molecule has 118 valence electrons. The van der Waals surface area contributed by atoms with Gasteiger partial charge in [-0.15, -0.1) is 0 Å². The molecular formula is C17H15ClN2O3. The lowest BCUT2D eigenvalue weighted by molar-refractivity contribution is -0.384. The molecule has 0 saturated carbocycles. The Morgan fingerprint density at radius 2 is 1.96 bits per heavy atom. The van der Waals surface area contributed by atoms with Gasteiger partial charge in [-0.3, -0.25) is 14.9 Å². The van der Waals surface area contributed by atoms with Gasteiger partial charge in [0, 0.05) is 29.8 Å². The largest absolute Gasteiger partial charge is 0.352 e. The third kappa shape index (κ3) is 5.56. The summed E-state index contributed by atoms with van der Waals surface area (Å²) in [6.07, 6.45) is 3.61. The average Bonchev–Trinajstić information content (AvgIpc) is 2.55. The second kappa shape index (κ2) is 8.10. The summed E-state index contributed by atoms with van der Waals surface area (Å²) in [5.74, 6) is -0.245. The summed E-state index contributed by atoms with van der Waals surface area (Å²) in [5.41, 5.74) is 1.68. The predicted molar refractivity (Wildman–Crippen MR) is 90.3 cm³/mol. The van der Waals surface area contributed by atoms with Gasteiger partial charge in [-0.2, -0.15) is 0 Å². The molecule has 0 fully saturated rings. The maximum atomic E-state index is 11.7. The standard InChI is InChI=1S/C17H15ClN2O3/c18-15-7-4-13(5-8-15)10-11-19-17(21)9-6-14-2-1-3-16(12-14)20(22)23/h1-9,12H,10-11H2,(H,19,21)/b9-6-. The molecule has 6 heteroatoms. The molecule has 2 aromatic carbocycles. The molecule has 2 aromatic rings. The molecule has 0 aliphatic rings. The number of non-ortho nitro benzene ring substituents is 1. The molecule has 0 bridgehead atoms. The molecule has 0 aromatic heterocycles. The van der Waals surface area contributed by atoms with E-state index < -0.39 is 4.92 Å². The van der Waals surface area contributed by atoms with E-state index in [1.54, 1.807) is 30.3 Å². The quantitative estimate of drug-likeness (QED) is 0.499. The van der Waals surface area contributed by atoms with Crippen molar-refractivity contribution in [2.24, 2.45) is 0 Å². The summed E-state index contributed by atoms with van der Waals surface area (Å²) >= 11 is 5.81. The van der Waals surface area contributed by atoms with Crippen LogP contribution in [0, 0.1) is 10.1 Å². The molecule has 0 heterocycles. The Morgan fingerprint density at radius 3 is 2.65 bits per heavy atom. The Labute approximate surface area is 138 Å². The van der Waals surface area contributed by atoms with E-state index in [9.17, 15) is 14.9 Å². The SMILES string of the molecule is O=C(/C=C\c1cccc([N+](=O)[O-])c1)NCCc1ccc(Cl)cc1. The normalized spacial score (nSPS) is 10.7. The third-order valence-corrected chi connectivity index (χ3v) is 3.39. The lowest BCUT2D eigenvalue weighted by Gasteiger charge is -2.03. The van der Waals surface area contributed by atoms with E-state index >= 15 is 0 Å². The van der Waals surface area contributed by atoms with Crippen LogP contribution in [0.25, 0.3) is 6.08 Å². The lowest BCUT2D eigenvalue weighted by Crippen LogP contribution is -2.23. The number of nitrogens with zero attached hydrogens (tertiary/aromatic N) is 1. The van der Waals surface area contributed by atoms with Crippen LogP contribution in [0.4, 0.5) is 5.69 Å². The number of carbonyl (C=O) groups is 1. The Bertz CT molecular complexity index is 727. The smallest absolute Gasteiger partial charge is 0.270 e. The van der Waals surface area contributed by atoms with Gasteiger partial charge >= 0.3 is 0 Å². The number of halogens is 1. The van der Waals surface area contributed by atoms with Crippen LogP contribution in [-0.4, -0.2) is 17.4 Å². The van der Waals surface area contributed by atoms with Crippen molar-refractivity contribution in [3.8, 4) is 0 Å². The number of nitro benzene ring substituents is 1. The van der Waals surface area contributed by atoms with Crippen LogP contribution in [0.15, 0.2) is 54.6 Å². The Balaban J connectivity index is 1.83. The van der Waals surface area contributed by atoms with Crippen LogP contribution in [-0.2, 0) is 11.2 Å².